The Labute approximate surface area is 94.9 Å². The van der Waals surface area contributed by atoms with Gasteiger partial charge in [-0.05, 0) is 24.7 Å². The molecule has 15 heavy (non-hydrogen) atoms. The van der Waals surface area contributed by atoms with E-state index in [1.165, 1.54) is 6.54 Å². The van der Waals surface area contributed by atoms with Crippen LogP contribution in [0.2, 0.25) is 0 Å². The third-order valence-corrected chi connectivity index (χ3v) is 4.70. The van der Waals surface area contributed by atoms with E-state index in [9.17, 15) is 0 Å². The molecule has 0 N–H and O–H groups in total. The third kappa shape index (κ3) is 1.78. The van der Waals surface area contributed by atoms with E-state index in [0.717, 1.165) is 18.9 Å². The van der Waals surface area contributed by atoms with Crippen LogP contribution in [0.5, 0.6) is 0 Å². The molecule has 1 fully saturated rings. The second-order valence-electron chi connectivity index (χ2n) is 5.58. The van der Waals surface area contributed by atoms with E-state index in [-0.39, 0.29) is 5.54 Å². The Hall–Kier alpha value is -0.560. The summed E-state index contributed by atoms with van der Waals surface area (Å²) in [5, 5.41) is 0. The van der Waals surface area contributed by atoms with Crippen LogP contribution in [0.3, 0.4) is 0 Å². The predicted octanol–water partition coefficient (Wildman–Crippen LogP) is 3.49. The van der Waals surface area contributed by atoms with Gasteiger partial charge < -0.3 is 0 Å². The van der Waals surface area contributed by atoms with E-state index in [1.807, 2.05) is 6.08 Å². The largest absolute Gasteiger partial charge is 0.293 e. The highest BCUT2D eigenvalue weighted by Crippen LogP contribution is 2.50. The second kappa shape index (κ2) is 4.13. The molecule has 1 rings (SSSR count). The molecule has 2 unspecified atom stereocenters. The van der Waals surface area contributed by atoms with Gasteiger partial charge in [-0.25, -0.2) is 0 Å². The maximum atomic E-state index is 3.90. The Kier molecular flexibility index (Phi) is 3.44. The Morgan fingerprint density at radius 1 is 1.27 bits per heavy atom. The van der Waals surface area contributed by atoms with E-state index >= 15 is 0 Å². The van der Waals surface area contributed by atoms with Crippen LogP contribution in [0.15, 0.2) is 25.3 Å². The molecule has 0 aromatic heterocycles. The van der Waals surface area contributed by atoms with Gasteiger partial charge in [-0.2, -0.15) is 0 Å². The standard InChI is InChI=1S/C14H25N/c1-7-9-14(6)13(4,5)12(3)11-15(14)10-8-2/h7-8,12H,1-2,9-11H2,3-6H3. The summed E-state index contributed by atoms with van der Waals surface area (Å²) in [7, 11) is 0. The fraction of sp³-hybridized carbons (Fsp3) is 0.714. The van der Waals surface area contributed by atoms with Crippen LogP contribution in [-0.4, -0.2) is 23.5 Å². The van der Waals surface area contributed by atoms with Crippen LogP contribution < -0.4 is 0 Å². The van der Waals surface area contributed by atoms with E-state index in [2.05, 4.69) is 51.8 Å². The fourth-order valence-corrected chi connectivity index (χ4v) is 2.80. The van der Waals surface area contributed by atoms with Gasteiger partial charge in [0.05, 0.1) is 0 Å². The second-order valence-corrected chi connectivity index (χ2v) is 5.58. The van der Waals surface area contributed by atoms with Gasteiger partial charge in [0, 0.05) is 18.6 Å². The first-order chi connectivity index (χ1) is 6.90. The van der Waals surface area contributed by atoms with Crippen molar-refractivity contribution in [1.82, 2.24) is 4.90 Å². The van der Waals surface area contributed by atoms with Crippen molar-refractivity contribution < 1.29 is 0 Å². The average molecular weight is 207 g/mol. The summed E-state index contributed by atoms with van der Waals surface area (Å²) >= 11 is 0. The summed E-state index contributed by atoms with van der Waals surface area (Å²) in [5.74, 6) is 0.724. The van der Waals surface area contributed by atoms with Gasteiger partial charge in [0.25, 0.3) is 0 Å². The van der Waals surface area contributed by atoms with Gasteiger partial charge in [-0.1, -0.05) is 32.9 Å². The Balaban J connectivity index is 3.01. The molecule has 1 heteroatoms. The minimum Gasteiger partial charge on any atom is -0.293 e. The minimum atomic E-state index is 0.225. The van der Waals surface area contributed by atoms with Crippen molar-refractivity contribution in [2.45, 2.75) is 39.7 Å². The van der Waals surface area contributed by atoms with E-state index < -0.39 is 0 Å². The van der Waals surface area contributed by atoms with E-state index in [0.29, 0.717) is 5.41 Å². The maximum absolute atomic E-state index is 3.90. The Bertz CT molecular complexity index is 254. The molecular weight excluding hydrogens is 182 g/mol. The van der Waals surface area contributed by atoms with Gasteiger partial charge in [0.15, 0.2) is 0 Å². The zero-order chi connectivity index (χ0) is 11.7. The number of rotatable bonds is 4. The van der Waals surface area contributed by atoms with Crippen molar-refractivity contribution in [1.29, 1.82) is 0 Å². The van der Waals surface area contributed by atoms with Crippen molar-refractivity contribution >= 4 is 0 Å². The van der Waals surface area contributed by atoms with Crippen LogP contribution >= 0.6 is 0 Å². The summed E-state index contributed by atoms with van der Waals surface area (Å²) < 4.78 is 0. The van der Waals surface area contributed by atoms with Crippen molar-refractivity contribution in [2.75, 3.05) is 13.1 Å². The highest BCUT2D eigenvalue weighted by Gasteiger charge is 2.53. The van der Waals surface area contributed by atoms with Gasteiger partial charge in [-0.15, -0.1) is 13.2 Å². The molecular formula is C14H25N. The molecule has 0 saturated carbocycles. The quantitative estimate of drug-likeness (QED) is 0.638. The minimum absolute atomic E-state index is 0.225. The average Bonchev–Trinajstić information content (AvgIpc) is 2.30. The lowest BCUT2D eigenvalue weighted by atomic mass is 9.68. The van der Waals surface area contributed by atoms with Gasteiger partial charge in [0.2, 0.25) is 0 Å². The molecule has 0 bridgehead atoms. The van der Waals surface area contributed by atoms with Crippen molar-refractivity contribution in [3.05, 3.63) is 25.3 Å². The Morgan fingerprint density at radius 2 is 1.87 bits per heavy atom. The van der Waals surface area contributed by atoms with Crippen LogP contribution in [0.4, 0.5) is 0 Å². The molecule has 2 atom stereocenters. The first-order valence-corrected chi connectivity index (χ1v) is 5.87. The highest BCUT2D eigenvalue weighted by molar-refractivity contribution is 5.10. The molecule has 1 nitrogen and oxygen atoms in total. The molecule has 1 saturated heterocycles. The van der Waals surface area contributed by atoms with Crippen LogP contribution in [-0.2, 0) is 0 Å². The number of likely N-dealkylation sites (tertiary alicyclic amines) is 1. The topological polar surface area (TPSA) is 3.24 Å². The molecule has 1 heterocycles. The molecule has 1 aliphatic rings. The Morgan fingerprint density at radius 3 is 2.33 bits per heavy atom. The van der Waals surface area contributed by atoms with Crippen LogP contribution in [0.1, 0.15) is 34.1 Å². The van der Waals surface area contributed by atoms with Crippen molar-refractivity contribution in [2.24, 2.45) is 11.3 Å². The zero-order valence-electron chi connectivity index (χ0n) is 10.7. The molecule has 0 aromatic carbocycles. The fourth-order valence-electron chi connectivity index (χ4n) is 2.80. The van der Waals surface area contributed by atoms with Crippen molar-refractivity contribution in [3.8, 4) is 0 Å². The maximum Gasteiger partial charge on any atom is 0.0273 e. The summed E-state index contributed by atoms with van der Waals surface area (Å²) in [6, 6.07) is 0. The van der Waals surface area contributed by atoms with Crippen LogP contribution in [0.25, 0.3) is 0 Å². The summed E-state index contributed by atoms with van der Waals surface area (Å²) in [6.07, 6.45) is 5.11. The third-order valence-electron chi connectivity index (χ3n) is 4.70. The number of hydrogen-bond donors (Lipinski definition) is 0. The smallest absolute Gasteiger partial charge is 0.0273 e. The molecule has 0 spiro atoms. The number of nitrogens with zero attached hydrogens (tertiary/aromatic N) is 1. The number of hydrogen-bond acceptors (Lipinski definition) is 1. The van der Waals surface area contributed by atoms with Gasteiger partial charge >= 0.3 is 0 Å². The lowest BCUT2D eigenvalue weighted by Crippen LogP contribution is -2.49. The first-order valence-electron chi connectivity index (χ1n) is 5.87. The highest BCUT2D eigenvalue weighted by atomic mass is 15.2. The van der Waals surface area contributed by atoms with Crippen LogP contribution in [0, 0.1) is 11.3 Å². The normalized spacial score (nSPS) is 35.3. The van der Waals surface area contributed by atoms with Crippen molar-refractivity contribution in [3.63, 3.8) is 0 Å². The monoisotopic (exact) mass is 207 g/mol. The lowest BCUT2D eigenvalue weighted by molar-refractivity contribution is 0.0760. The molecule has 1 aliphatic heterocycles. The van der Waals surface area contributed by atoms with E-state index in [1.54, 1.807) is 0 Å². The molecule has 0 radical (unpaired) electrons. The molecule has 0 aliphatic carbocycles. The van der Waals surface area contributed by atoms with Gasteiger partial charge in [0.1, 0.15) is 0 Å². The molecule has 86 valence electrons. The molecule has 0 aromatic rings. The molecule has 0 amide bonds. The zero-order valence-corrected chi connectivity index (χ0v) is 10.7. The van der Waals surface area contributed by atoms with E-state index in [4.69, 9.17) is 0 Å². The first kappa shape index (κ1) is 12.5. The summed E-state index contributed by atoms with van der Waals surface area (Å²) in [4.78, 5) is 2.55. The lowest BCUT2D eigenvalue weighted by Gasteiger charge is -2.44. The predicted molar refractivity (Wildman–Crippen MR) is 67.9 cm³/mol. The SMILES string of the molecule is C=CCN1CC(C)C(C)(C)C1(C)CC=C. The summed E-state index contributed by atoms with van der Waals surface area (Å²) in [5.41, 5.74) is 0.562. The summed E-state index contributed by atoms with van der Waals surface area (Å²) in [6.45, 7) is 19.4. The van der Waals surface area contributed by atoms with Gasteiger partial charge in [-0.3, -0.25) is 4.90 Å².